The summed E-state index contributed by atoms with van der Waals surface area (Å²) in [5.74, 6) is -0.660. The van der Waals surface area contributed by atoms with Crippen molar-refractivity contribution >= 4 is 10.1 Å². The third-order valence-corrected chi connectivity index (χ3v) is 2.49. The molecule has 0 aliphatic heterocycles. The Morgan fingerprint density at radius 3 is 2.29 bits per heavy atom. The van der Waals surface area contributed by atoms with Crippen molar-refractivity contribution in [2.24, 2.45) is 5.41 Å². The van der Waals surface area contributed by atoms with E-state index in [1.807, 2.05) is 13.8 Å². The molecule has 14 heavy (non-hydrogen) atoms. The van der Waals surface area contributed by atoms with Crippen molar-refractivity contribution in [1.82, 2.24) is 0 Å². The van der Waals surface area contributed by atoms with Gasteiger partial charge in [-0.1, -0.05) is 13.8 Å². The van der Waals surface area contributed by atoms with Crippen LogP contribution in [0.4, 0.5) is 0 Å². The van der Waals surface area contributed by atoms with Crippen LogP contribution in [-0.4, -0.2) is 39.2 Å². The predicted molar refractivity (Wildman–Crippen MR) is 52.6 cm³/mol. The molecule has 0 heterocycles. The number of hydrogen-bond donors (Lipinski definition) is 1. The van der Waals surface area contributed by atoms with Crippen LogP contribution in [0.15, 0.2) is 0 Å². The van der Waals surface area contributed by atoms with Gasteiger partial charge in [0, 0.05) is 12.5 Å². The molecule has 0 aromatic heterocycles. The summed E-state index contributed by atoms with van der Waals surface area (Å²) in [6.07, 6.45) is 0.812. The molecule has 86 valence electrons. The number of ether oxygens (including phenoxy) is 2. The van der Waals surface area contributed by atoms with Gasteiger partial charge in [0.25, 0.3) is 10.1 Å². The molecule has 5 nitrogen and oxygen atoms in total. The molecular weight excluding hydrogens is 208 g/mol. The molecule has 0 aromatic rings. The maximum atomic E-state index is 10.4. The lowest BCUT2D eigenvalue weighted by molar-refractivity contribution is 0.0127. The van der Waals surface area contributed by atoms with E-state index in [1.54, 1.807) is 7.11 Å². The summed E-state index contributed by atoms with van der Waals surface area (Å²) in [5.41, 5.74) is -0.209. The van der Waals surface area contributed by atoms with E-state index in [-0.39, 0.29) is 12.0 Å². The van der Waals surface area contributed by atoms with Crippen LogP contribution < -0.4 is 0 Å². The Hall–Kier alpha value is -0.170. The van der Waals surface area contributed by atoms with Crippen LogP contribution >= 0.6 is 0 Å². The van der Waals surface area contributed by atoms with E-state index in [1.165, 1.54) is 0 Å². The summed E-state index contributed by atoms with van der Waals surface area (Å²) in [5, 5.41) is 0. The third kappa shape index (κ3) is 6.31. The minimum Gasteiger partial charge on any atom is -0.384 e. The van der Waals surface area contributed by atoms with Gasteiger partial charge in [0.2, 0.25) is 0 Å². The van der Waals surface area contributed by atoms with Crippen molar-refractivity contribution in [2.75, 3.05) is 26.3 Å². The van der Waals surface area contributed by atoms with Crippen LogP contribution in [0, 0.1) is 5.41 Å². The molecule has 0 rings (SSSR count). The zero-order valence-corrected chi connectivity index (χ0v) is 9.63. The average molecular weight is 226 g/mol. The molecule has 0 spiro atoms. The van der Waals surface area contributed by atoms with Gasteiger partial charge in [-0.3, -0.25) is 4.55 Å². The Morgan fingerprint density at radius 2 is 1.93 bits per heavy atom. The maximum Gasteiger partial charge on any atom is 0.289 e. The second kappa shape index (κ2) is 5.65. The van der Waals surface area contributed by atoms with Crippen molar-refractivity contribution in [2.45, 2.75) is 20.3 Å². The minimum atomic E-state index is -4.03. The topological polar surface area (TPSA) is 72.8 Å². The van der Waals surface area contributed by atoms with Crippen molar-refractivity contribution in [1.29, 1.82) is 0 Å². The van der Waals surface area contributed by atoms with Gasteiger partial charge in [0.15, 0.2) is 5.94 Å². The van der Waals surface area contributed by atoms with E-state index in [2.05, 4.69) is 0 Å². The minimum absolute atomic E-state index is 0.209. The summed E-state index contributed by atoms with van der Waals surface area (Å²) >= 11 is 0. The molecule has 1 N–H and O–H groups in total. The molecule has 0 saturated heterocycles. The normalized spacial score (nSPS) is 16.6. The molecule has 0 fully saturated rings. The van der Waals surface area contributed by atoms with Gasteiger partial charge >= 0.3 is 0 Å². The first kappa shape index (κ1) is 13.8. The highest BCUT2D eigenvalue weighted by atomic mass is 32.2. The van der Waals surface area contributed by atoms with Gasteiger partial charge < -0.3 is 9.47 Å². The molecular formula is C8H18O5S. The fourth-order valence-corrected chi connectivity index (χ4v) is 1.28. The van der Waals surface area contributed by atoms with Gasteiger partial charge in [-0.2, -0.15) is 8.42 Å². The van der Waals surface area contributed by atoms with Gasteiger partial charge in [-0.25, -0.2) is 0 Å². The van der Waals surface area contributed by atoms with Crippen LogP contribution in [0.3, 0.4) is 0 Å². The molecule has 1 atom stereocenters. The van der Waals surface area contributed by atoms with Gasteiger partial charge in [0.1, 0.15) is 0 Å². The van der Waals surface area contributed by atoms with Crippen molar-refractivity contribution in [3.63, 3.8) is 0 Å². The van der Waals surface area contributed by atoms with E-state index in [0.29, 0.717) is 6.61 Å². The highest BCUT2D eigenvalue weighted by molar-refractivity contribution is 7.85. The SMILES string of the molecule is CCC(C)(COC)COCS(=O)(=O)O. The van der Waals surface area contributed by atoms with E-state index in [9.17, 15) is 8.42 Å². The second-order valence-corrected chi connectivity index (χ2v) is 5.04. The molecule has 0 aliphatic carbocycles. The van der Waals surface area contributed by atoms with Crippen molar-refractivity contribution in [3.05, 3.63) is 0 Å². The fourth-order valence-electron chi connectivity index (χ4n) is 0.988. The molecule has 0 aliphatic rings. The highest BCUT2D eigenvalue weighted by Gasteiger charge is 2.23. The largest absolute Gasteiger partial charge is 0.384 e. The van der Waals surface area contributed by atoms with Crippen LogP contribution in [0.5, 0.6) is 0 Å². The highest BCUT2D eigenvalue weighted by Crippen LogP contribution is 2.21. The number of methoxy groups -OCH3 is 1. The lowest BCUT2D eigenvalue weighted by Crippen LogP contribution is -2.29. The van der Waals surface area contributed by atoms with Gasteiger partial charge in [-0.15, -0.1) is 0 Å². The van der Waals surface area contributed by atoms with Gasteiger partial charge in [0.05, 0.1) is 13.2 Å². The fraction of sp³-hybridized carbons (Fsp3) is 1.00. The zero-order chi connectivity index (χ0) is 11.2. The van der Waals surface area contributed by atoms with Crippen molar-refractivity contribution in [3.8, 4) is 0 Å². The summed E-state index contributed by atoms with van der Waals surface area (Å²) in [6.45, 7) is 4.64. The molecule has 0 aromatic carbocycles. The van der Waals surface area contributed by atoms with Gasteiger partial charge in [-0.05, 0) is 6.42 Å². The molecule has 1 unspecified atom stereocenters. The van der Waals surface area contributed by atoms with E-state index < -0.39 is 16.1 Å². The summed E-state index contributed by atoms with van der Waals surface area (Å²) in [6, 6.07) is 0. The molecule has 6 heteroatoms. The average Bonchev–Trinajstić information content (AvgIpc) is 2.02. The van der Waals surface area contributed by atoms with Crippen molar-refractivity contribution < 1.29 is 22.4 Å². The Labute approximate surface area is 85.1 Å². The monoisotopic (exact) mass is 226 g/mol. The third-order valence-electron chi connectivity index (χ3n) is 2.03. The lowest BCUT2D eigenvalue weighted by Gasteiger charge is -2.26. The van der Waals surface area contributed by atoms with Crippen LogP contribution in [0.1, 0.15) is 20.3 Å². The van der Waals surface area contributed by atoms with Crippen LogP contribution in [0.25, 0.3) is 0 Å². The van der Waals surface area contributed by atoms with E-state index in [0.717, 1.165) is 6.42 Å². The van der Waals surface area contributed by atoms with Crippen LogP contribution in [0.2, 0.25) is 0 Å². The molecule has 0 radical (unpaired) electrons. The molecule has 0 bridgehead atoms. The van der Waals surface area contributed by atoms with Crippen LogP contribution in [-0.2, 0) is 19.6 Å². The zero-order valence-electron chi connectivity index (χ0n) is 8.82. The Kier molecular flexibility index (Phi) is 5.58. The summed E-state index contributed by atoms with van der Waals surface area (Å²) < 4.78 is 39.0. The smallest absolute Gasteiger partial charge is 0.289 e. The Morgan fingerprint density at radius 1 is 1.36 bits per heavy atom. The number of hydrogen-bond acceptors (Lipinski definition) is 4. The van der Waals surface area contributed by atoms with E-state index >= 15 is 0 Å². The standard InChI is InChI=1S/C8H18O5S/c1-4-8(2,5-12-3)6-13-7-14(9,10)11/h4-7H2,1-3H3,(H,9,10,11). The summed E-state index contributed by atoms with van der Waals surface area (Å²) in [7, 11) is -2.45. The van der Waals surface area contributed by atoms with E-state index in [4.69, 9.17) is 14.0 Å². The number of rotatable bonds is 7. The Balaban J connectivity index is 3.96. The second-order valence-electron chi connectivity index (χ2n) is 3.65. The summed E-state index contributed by atoms with van der Waals surface area (Å²) in [4.78, 5) is 0. The first-order chi connectivity index (χ1) is 6.33. The molecule has 0 amide bonds. The lowest BCUT2D eigenvalue weighted by atomic mass is 9.90. The first-order valence-corrected chi connectivity index (χ1v) is 5.96. The predicted octanol–water partition coefficient (Wildman–Crippen LogP) is 0.911. The molecule has 0 saturated carbocycles. The quantitative estimate of drug-likeness (QED) is 0.653. The maximum absolute atomic E-state index is 10.4. The first-order valence-electron chi connectivity index (χ1n) is 4.35. The Bertz CT molecular complexity index is 248.